The third kappa shape index (κ3) is 4.09. The zero-order valence-corrected chi connectivity index (χ0v) is 21.6. The van der Waals surface area contributed by atoms with Crippen LogP contribution in [0.25, 0.3) is 0 Å². The first-order valence-electron chi connectivity index (χ1n) is 12.3. The smallest absolute Gasteiger partial charge is 0.248 e. The molecule has 2 bridgehead atoms. The van der Waals surface area contributed by atoms with Gasteiger partial charge >= 0.3 is 0 Å². The monoisotopic (exact) mass is 527 g/mol. The van der Waals surface area contributed by atoms with E-state index in [1.165, 1.54) is 0 Å². The molecular formula is C27H30ClN3O4S. The first-order valence-corrected chi connectivity index (χ1v) is 13.5. The summed E-state index contributed by atoms with van der Waals surface area (Å²) in [5.74, 6) is -1.78. The van der Waals surface area contributed by atoms with Crippen LogP contribution in [0.15, 0.2) is 54.6 Å². The van der Waals surface area contributed by atoms with Crippen molar-refractivity contribution in [3.63, 3.8) is 0 Å². The topological polar surface area (TPSA) is 98.7 Å². The third-order valence-corrected chi connectivity index (χ3v) is 10.1. The van der Waals surface area contributed by atoms with Gasteiger partial charge in [-0.15, -0.1) is 11.8 Å². The van der Waals surface area contributed by atoms with Gasteiger partial charge in [0.1, 0.15) is 6.04 Å². The molecule has 0 saturated carbocycles. The molecule has 2 unspecified atom stereocenters. The van der Waals surface area contributed by atoms with Gasteiger partial charge < -0.3 is 20.6 Å². The van der Waals surface area contributed by atoms with Crippen molar-refractivity contribution < 1.29 is 19.5 Å². The first kappa shape index (κ1) is 25.1. The molecule has 9 heteroatoms. The number of hydrogen-bond acceptors (Lipinski definition) is 5. The molecule has 3 amide bonds. The summed E-state index contributed by atoms with van der Waals surface area (Å²) in [6, 6.07) is 15.5. The molecule has 1 spiro atoms. The lowest BCUT2D eigenvalue weighted by Gasteiger charge is -2.35. The third-order valence-electron chi connectivity index (χ3n) is 7.79. The molecule has 5 rings (SSSR count). The summed E-state index contributed by atoms with van der Waals surface area (Å²) in [6.07, 6.45) is 2.53. The van der Waals surface area contributed by atoms with Crippen molar-refractivity contribution in [1.29, 1.82) is 0 Å². The average Bonchev–Trinajstić information content (AvgIpc) is 3.42. The molecular weight excluding hydrogens is 498 g/mol. The van der Waals surface area contributed by atoms with Gasteiger partial charge in [-0.25, -0.2) is 0 Å². The highest BCUT2D eigenvalue weighted by Gasteiger charge is 2.77. The van der Waals surface area contributed by atoms with Crippen LogP contribution in [0.3, 0.4) is 0 Å². The molecule has 3 heterocycles. The lowest BCUT2D eigenvalue weighted by atomic mass is 9.66. The largest absolute Gasteiger partial charge is 0.396 e. The van der Waals surface area contributed by atoms with E-state index in [2.05, 4.69) is 10.6 Å². The number of halogens is 1. The predicted molar refractivity (Wildman–Crippen MR) is 142 cm³/mol. The molecule has 0 aromatic heterocycles. The zero-order valence-electron chi connectivity index (χ0n) is 20.1. The minimum absolute atomic E-state index is 0.0159. The van der Waals surface area contributed by atoms with Crippen LogP contribution in [0.5, 0.6) is 0 Å². The lowest BCUT2D eigenvalue weighted by Crippen LogP contribution is -2.51. The molecule has 0 aliphatic carbocycles. The molecule has 7 nitrogen and oxygen atoms in total. The first-order chi connectivity index (χ1) is 17.3. The minimum atomic E-state index is -0.730. The number of aliphatic hydroxyl groups excluding tert-OH is 1. The molecule has 3 aliphatic rings. The normalized spacial score (nSPS) is 30.4. The second-order valence-corrected chi connectivity index (χ2v) is 12.3. The molecule has 3 fully saturated rings. The van der Waals surface area contributed by atoms with E-state index in [1.54, 1.807) is 40.9 Å². The van der Waals surface area contributed by atoms with Gasteiger partial charge in [-0.3, -0.25) is 14.4 Å². The highest BCUT2D eigenvalue weighted by Crippen LogP contribution is 2.71. The number of rotatable bonds is 8. The number of carbonyl (C=O) groups excluding carboxylic acids is 3. The van der Waals surface area contributed by atoms with Crippen LogP contribution in [0, 0.1) is 11.8 Å². The fraction of sp³-hybridized carbons (Fsp3) is 0.444. The van der Waals surface area contributed by atoms with Crippen molar-refractivity contribution >= 4 is 52.5 Å². The summed E-state index contributed by atoms with van der Waals surface area (Å²) >= 11 is 7.94. The molecule has 36 heavy (non-hydrogen) atoms. The van der Waals surface area contributed by atoms with Gasteiger partial charge in [0, 0.05) is 23.6 Å². The van der Waals surface area contributed by atoms with E-state index < -0.39 is 27.4 Å². The Kier molecular flexibility index (Phi) is 6.78. The number of anilines is 2. The number of unbranched alkanes of at least 4 members (excludes halogenated alkanes) is 1. The second kappa shape index (κ2) is 9.72. The number of hydrogen-bond donors (Lipinski definition) is 3. The number of fused-ring (bicyclic) bond motifs is 1. The SMILES string of the molecule is C[C@@]12CCC3(S1)C(C(=O)Nc1ccccc1Cl)N(CCCCO)C(=O)[C@@H]3[C@@H]2C(=O)Nc1ccccc1. The standard InChI is InChI=1S/C27H30ClN3O4S/c1-26-13-14-27(36-26)21(20(26)23(33)29-17-9-3-2-4-10-17)25(35)31(15-7-8-16-32)22(27)24(34)30-19-12-6-5-11-18(19)28/h2-6,9-12,20-22,32H,7-8,13-16H2,1H3,(H,29,33)(H,30,34)/t20-,21+,22?,26+,27?/m1/s1. The van der Waals surface area contributed by atoms with Crippen molar-refractivity contribution in [2.24, 2.45) is 11.8 Å². The summed E-state index contributed by atoms with van der Waals surface area (Å²) in [4.78, 5) is 43.1. The zero-order chi connectivity index (χ0) is 25.5. The molecule has 0 radical (unpaired) electrons. The number of thioether (sulfide) groups is 1. The van der Waals surface area contributed by atoms with E-state index in [1.807, 2.05) is 37.3 Å². The number of benzene rings is 2. The van der Waals surface area contributed by atoms with Gasteiger partial charge in [-0.1, -0.05) is 41.9 Å². The Morgan fingerprint density at radius 2 is 1.78 bits per heavy atom. The van der Waals surface area contributed by atoms with Crippen LogP contribution in [0.4, 0.5) is 11.4 Å². The molecule has 2 aromatic carbocycles. The molecule has 190 valence electrons. The maximum absolute atomic E-state index is 14.0. The highest BCUT2D eigenvalue weighted by molar-refractivity contribution is 8.02. The number of carbonyl (C=O) groups is 3. The van der Waals surface area contributed by atoms with E-state index in [0.717, 1.165) is 6.42 Å². The molecule has 3 N–H and O–H groups in total. The summed E-state index contributed by atoms with van der Waals surface area (Å²) in [5, 5.41) is 15.7. The predicted octanol–water partition coefficient (Wildman–Crippen LogP) is 4.17. The number of nitrogens with one attached hydrogen (secondary N) is 2. The van der Waals surface area contributed by atoms with Crippen LogP contribution in [-0.2, 0) is 14.4 Å². The maximum atomic E-state index is 14.0. The molecule has 3 aliphatic heterocycles. The Morgan fingerprint density at radius 1 is 1.06 bits per heavy atom. The summed E-state index contributed by atoms with van der Waals surface area (Å²) < 4.78 is -1.14. The van der Waals surface area contributed by atoms with Crippen molar-refractivity contribution in [3.05, 3.63) is 59.6 Å². The molecule has 3 saturated heterocycles. The summed E-state index contributed by atoms with van der Waals surface area (Å²) in [6.45, 7) is 2.41. The van der Waals surface area contributed by atoms with E-state index in [0.29, 0.717) is 42.2 Å². The van der Waals surface area contributed by atoms with E-state index in [-0.39, 0.29) is 24.3 Å². The fourth-order valence-corrected chi connectivity index (χ4v) is 8.81. The van der Waals surface area contributed by atoms with Gasteiger partial charge in [-0.05, 0) is 56.9 Å². The second-order valence-electron chi connectivity index (χ2n) is 10.0. The van der Waals surface area contributed by atoms with Crippen molar-refractivity contribution in [1.82, 2.24) is 4.90 Å². The summed E-state index contributed by atoms with van der Waals surface area (Å²) in [7, 11) is 0. The Hall–Kier alpha value is -2.55. The number of aliphatic hydroxyl groups is 1. The van der Waals surface area contributed by atoms with E-state index in [9.17, 15) is 19.5 Å². The van der Waals surface area contributed by atoms with Crippen molar-refractivity contribution in [2.75, 3.05) is 23.8 Å². The number of para-hydroxylation sites is 2. The number of nitrogens with zero attached hydrogens (tertiary/aromatic N) is 1. The average molecular weight is 528 g/mol. The van der Waals surface area contributed by atoms with Gasteiger partial charge in [0.2, 0.25) is 17.7 Å². The lowest BCUT2D eigenvalue weighted by molar-refractivity contribution is -0.139. The Labute approximate surface area is 220 Å². The number of likely N-dealkylation sites (tertiary alicyclic amines) is 1. The maximum Gasteiger partial charge on any atom is 0.248 e. The van der Waals surface area contributed by atoms with Crippen LogP contribution in [0.1, 0.15) is 32.6 Å². The van der Waals surface area contributed by atoms with Crippen LogP contribution in [-0.4, -0.2) is 56.4 Å². The van der Waals surface area contributed by atoms with E-state index in [4.69, 9.17) is 11.6 Å². The van der Waals surface area contributed by atoms with Gasteiger partial charge in [0.25, 0.3) is 0 Å². The van der Waals surface area contributed by atoms with Crippen molar-refractivity contribution in [3.8, 4) is 0 Å². The van der Waals surface area contributed by atoms with Gasteiger partial charge in [-0.2, -0.15) is 0 Å². The number of amides is 3. The molecule has 5 atom stereocenters. The van der Waals surface area contributed by atoms with Crippen LogP contribution in [0.2, 0.25) is 5.02 Å². The quantitative estimate of drug-likeness (QED) is 0.447. The minimum Gasteiger partial charge on any atom is -0.396 e. The Balaban J connectivity index is 1.49. The van der Waals surface area contributed by atoms with Gasteiger partial charge in [0.05, 0.1) is 27.3 Å². The van der Waals surface area contributed by atoms with Gasteiger partial charge in [0.15, 0.2) is 0 Å². The fourth-order valence-electron chi connectivity index (χ4n) is 6.27. The van der Waals surface area contributed by atoms with E-state index >= 15 is 0 Å². The Bertz CT molecular complexity index is 1180. The molecule has 2 aromatic rings. The Morgan fingerprint density at radius 3 is 2.50 bits per heavy atom. The summed E-state index contributed by atoms with van der Waals surface area (Å²) in [5.41, 5.74) is 1.18. The van der Waals surface area contributed by atoms with Crippen molar-refractivity contribution in [2.45, 2.75) is 48.1 Å². The highest BCUT2D eigenvalue weighted by atomic mass is 35.5. The van der Waals surface area contributed by atoms with Crippen LogP contribution < -0.4 is 10.6 Å². The van der Waals surface area contributed by atoms with Crippen LogP contribution >= 0.6 is 23.4 Å².